The molecule has 4 heavy (non-hydrogen) atoms. The van der Waals surface area contributed by atoms with Gasteiger partial charge in [-0.2, -0.15) is 0 Å². The van der Waals surface area contributed by atoms with Crippen LogP contribution in [0, 0.1) is 18.9 Å². The van der Waals surface area contributed by atoms with Gasteiger partial charge < -0.3 is 5.11 Å². The Hall–Kier alpha value is -0.550. The molecule has 0 unspecified atom stereocenters. The minimum atomic E-state index is 2.25. The fourth-order valence-corrected chi connectivity index (χ4v) is 0. The highest BCUT2D eigenvalue weighted by Gasteiger charge is 0.862. The molecule has 0 aromatic rings. The molecule has 0 fully saturated rings. The van der Waals surface area contributed by atoms with Gasteiger partial charge >= 0.3 is 0 Å². The summed E-state index contributed by atoms with van der Waals surface area (Å²) in [5.41, 5.74) is 0. The molecule has 0 spiro atoms. The molecule has 0 saturated carbocycles. The maximum Gasteiger partial charge on any atom is 0.0662 e. The van der Waals surface area contributed by atoms with Crippen LogP contribution in [-0.4, -0.2) is 5.11 Å². The van der Waals surface area contributed by atoms with E-state index in [1.54, 1.807) is 0 Å². The van der Waals surface area contributed by atoms with E-state index in [1.807, 2.05) is 0 Å². The zero-order chi connectivity index (χ0) is 4.00. The van der Waals surface area contributed by atoms with E-state index in [-0.39, 0.29) is 0 Å². The third kappa shape index (κ3) is 0.971. The molecule has 0 aliphatic carbocycles. The van der Waals surface area contributed by atoms with Crippen LogP contribution in [0.15, 0.2) is 0 Å². The lowest BCUT2D eigenvalue weighted by Crippen LogP contribution is -1.12. The predicted octanol–water partition coefficient (Wildman–Crippen LogP) is 0.290. The summed E-state index contributed by atoms with van der Waals surface area (Å²) < 4.78 is 0. The van der Waals surface area contributed by atoms with Crippen LogP contribution in [0.25, 0.3) is 0 Å². The van der Waals surface area contributed by atoms with Crippen molar-refractivity contribution in [3.63, 3.8) is 0 Å². The fraction of sp³-hybridized carbons (Fsp3) is 0. The average molecular weight is 58.1 g/mol. The van der Waals surface area contributed by atoms with Crippen LogP contribution in [0.2, 0.25) is 0 Å². The molecule has 0 rings (SSSR count). The zero-order valence-electron chi connectivity index (χ0n) is 2.18. The molecule has 2 heteroatoms. The first-order valence-corrected chi connectivity index (χ1v) is 0.574. The molecule has 0 bridgehead atoms. The fourth-order valence-electron chi connectivity index (χ4n) is 0. The third-order valence-corrected chi connectivity index (χ3v) is 0. The van der Waals surface area contributed by atoms with Gasteiger partial charge in [0.1, 0.15) is 0 Å². The van der Waals surface area contributed by atoms with Crippen molar-refractivity contribution in [2.24, 2.45) is 0 Å². The van der Waals surface area contributed by atoms with Crippen molar-refractivity contribution >= 4 is 0 Å². The second-order valence-corrected chi connectivity index (χ2v) is 0. The summed E-state index contributed by atoms with van der Waals surface area (Å²) in [6.45, 7) is 3.50. The number of nitrogens with zero attached hydrogens (tertiary/aromatic N) is 1. The largest absolute Gasteiger partial charge is 0.394 e. The highest BCUT2D eigenvalue weighted by Crippen LogP contribution is 0.913. The molecular weight excluding hydrogens is 54.0 g/mol. The van der Waals surface area contributed by atoms with E-state index in [0.717, 1.165) is 0 Å². The number of hydrogen-bond donors (Lipinski definition) is 1. The highest BCUT2D eigenvalue weighted by molar-refractivity contribution is 4.03. The Kier molecular flexibility index (Phi) is 41.9. The molecule has 2 nitrogen and oxygen atoms in total. The molecule has 0 amide bonds. The molecular formula is C2H4NO. The molecule has 0 saturated heterocycles. The summed E-state index contributed by atoms with van der Waals surface area (Å²) in [5.74, 6) is 0. The van der Waals surface area contributed by atoms with E-state index in [4.69, 9.17) is 10.4 Å². The quantitative estimate of drug-likeness (QED) is 0.435. The molecule has 0 aliphatic heterocycles. The van der Waals surface area contributed by atoms with Gasteiger partial charge in [-0.05, 0) is 0 Å². The lowest BCUT2D eigenvalue weighted by molar-refractivity contribution is 0.464. The standard InChI is InChI=1S/CHN.CH3O/c2*1-2/h1H;2H,1H2. The van der Waals surface area contributed by atoms with E-state index in [9.17, 15) is 0 Å². The van der Waals surface area contributed by atoms with Crippen molar-refractivity contribution in [1.82, 2.24) is 0 Å². The summed E-state index contributed by atoms with van der Waals surface area (Å²) >= 11 is 0. The van der Waals surface area contributed by atoms with Crippen LogP contribution >= 0.6 is 0 Å². The number of aliphatic hydroxyl groups excluding tert-OH is 1. The average Bonchev–Trinajstić information content (AvgIpc) is 1.50. The summed E-state index contributed by atoms with van der Waals surface area (Å²) in [6, 6.07) is 0. The Bertz CT molecular complexity index is 10.8. The third-order valence-electron chi connectivity index (χ3n) is 0. The van der Waals surface area contributed by atoms with Crippen molar-refractivity contribution in [2.45, 2.75) is 0 Å². The van der Waals surface area contributed by atoms with Gasteiger partial charge in [0, 0.05) is 6.57 Å². The van der Waals surface area contributed by atoms with Gasteiger partial charge in [0.25, 0.3) is 0 Å². The molecule has 0 heterocycles. The Morgan fingerprint density at radius 1 is 1.50 bits per heavy atom. The van der Waals surface area contributed by atoms with E-state index >= 15 is 0 Å². The maximum atomic E-state index is 6.75. The van der Waals surface area contributed by atoms with Gasteiger partial charge in [0.05, 0.1) is 7.11 Å². The predicted molar refractivity (Wildman–Crippen MR) is 14.0 cm³/mol. The van der Waals surface area contributed by atoms with E-state index in [1.165, 1.54) is 0 Å². The Labute approximate surface area is 25.3 Å². The minimum Gasteiger partial charge on any atom is -0.394 e. The summed E-state index contributed by atoms with van der Waals surface area (Å²) in [5, 5.41) is 13.2. The lowest BCUT2D eigenvalue weighted by Gasteiger charge is -1.19. The van der Waals surface area contributed by atoms with Crippen molar-refractivity contribution < 1.29 is 5.11 Å². The van der Waals surface area contributed by atoms with Crippen LogP contribution in [0.1, 0.15) is 0 Å². The maximum absolute atomic E-state index is 6.75. The van der Waals surface area contributed by atoms with E-state index < -0.39 is 0 Å². The van der Waals surface area contributed by atoms with Crippen LogP contribution in [0.5, 0.6) is 0 Å². The zero-order valence-corrected chi connectivity index (χ0v) is 2.18. The van der Waals surface area contributed by atoms with Crippen molar-refractivity contribution in [2.75, 3.05) is 0 Å². The SMILES string of the molecule is C#N.[CH2]O. The van der Waals surface area contributed by atoms with Crippen molar-refractivity contribution in [3.8, 4) is 6.57 Å². The van der Waals surface area contributed by atoms with Crippen molar-refractivity contribution in [3.05, 3.63) is 7.11 Å². The van der Waals surface area contributed by atoms with Crippen LogP contribution < -0.4 is 0 Å². The van der Waals surface area contributed by atoms with Crippen LogP contribution in [-0.2, 0) is 0 Å². The number of aliphatic hydroxyl groups is 1. The Morgan fingerprint density at radius 2 is 1.50 bits per heavy atom. The van der Waals surface area contributed by atoms with Gasteiger partial charge in [-0.3, -0.25) is 0 Å². The molecule has 0 aromatic heterocycles. The van der Waals surface area contributed by atoms with E-state index in [2.05, 4.69) is 13.7 Å². The first kappa shape index (κ1) is 9.85. The Balaban J connectivity index is 0. The molecule has 0 atom stereocenters. The smallest absolute Gasteiger partial charge is 0.0662 e. The van der Waals surface area contributed by atoms with Gasteiger partial charge in [0.2, 0.25) is 0 Å². The van der Waals surface area contributed by atoms with Crippen molar-refractivity contribution in [1.29, 1.82) is 5.26 Å². The molecule has 0 aromatic carbocycles. The summed E-state index contributed by atoms with van der Waals surface area (Å²) in [6.07, 6.45) is 0. The highest BCUT2D eigenvalue weighted by atomic mass is 16.2. The lowest BCUT2D eigenvalue weighted by atomic mass is 11.8. The molecule has 23 valence electrons. The van der Waals surface area contributed by atoms with Gasteiger partial charge in [-0.15, -0.1) is 0 Å². The monoisotopic (exact) mass is 58.0 g/mol. The van der Waals surface area contributed by atoms with Crippen LogP contribution in [0.4, 0.5) is 0 Å². The number of nitriles is 1. The molecule has 1 radical (unpaired) electrons. The summed E-state index contributed by atoms with van der Waals surface area (Å²) in [4.78, 5) is 0. The second kappa shape index (κ2) is 17.0. The van der Waals surface area contributed by atoms with Gasteiger partial charge in [0.15, 0.2) is 0 Å². The Morgan fingerprint density at radius 3 is 1.50 bits per heavy atom. The molecule has 0 aliphatic rings. The first-order chi connectivity index (χ1) is 2.00. The molecule has 1 N–H and O–H groups in total. The topological polar surface area (TPSA) is 44.0 Å². The second-order valence-electron chi connectivity index (χ2n) is 0. The van der Waals surface area contributed by atoms with Crippen LogP contribution in [0.3, 0.4) is 0 Å². The van der Waals surface area contributed by atoms with Gasteiger partial charge in [-0.25, -0.2) is 5.26 Å². The summed E-state index contributed by atoms with van der Waals surface area (Å²) in [7, 11) is 2.25. The minimum absolute atomic E-state index is 2.25. The normalized spacial score (nSPS) is 2.00. The number of rotatable bonds is 0. The van der Waals surface area contributed by atoms with Gasteiger partial charge in [-0.1, -0.05) is 0 Å². The first-order valence-electron chi connectivity index (χ1n) is 0.574. The number of hydrogen-bond acceptors (Lipinski definition) is 2. The van der Waals surface area contributed by atoms with E-state index in [0.29, 0.717) is 0 Å².